The molecule has 0 aromatic heterocycles. The molecular weight excluding hydrogens is 365 g/mol. The average molecular weight is 399 g/mol. The van der Waals surface area contributed by atoms with Gasteiger partial charge in [-0.05, 0) is 56.0 Å². The summed E-state index contributed by atoms with van der Waals surface area (Å²) in [6.45, 7) is 7.34. The van der Waals surface area contributed by atoms with Crippen LogP contribution >= 0.6 is 0 Å². The minimum absolute atomic E-state index is 0.0486. The second kappa shape index (κ2) is 10.8. The number of carbonyl (C=O) groups excluding carboxylic acids is 1. The molecular formula is C22H33F3N2O. The summed E-state index contributed by atoms with van der Waals surface area (Å²) in [5.74, 6) is 0.764. The molecule has 1 heterocycles. The van der Waals surface area contributed by atoms with Gasteiger partial charge in [-0.3, -0.25) is 9.69 Å². The van der Waals surface area contributed by atoms with Gasteiger partial charge in [-0.2, -0.15) is 13.2 Å². The van der Waals surface area contributed by atoms with Crippen LogP contribution in [0.4, 0.5) is 13.2 Å². The summed E-state index contributed by atoms with van der Waals surface area (Å²) in [4.78, 5) is 14.7. The highest BCUT2D eigenvalue weighted by atomic mass is 19.4. The maximum absolute atomic E-state index is 12.6. The number of amides is 1. The van der Waals surface area contributed by atoms with E-state index in [4.69, 9.17) is 0 Å². The molecule has 0 spiro atoms. The van der Waals surface area contributed by atoms with Crippen LogP contribution in [0.3, 0.4) is 0 Å². The monoisotopic (exact) mass is 398 g/mol. The van der Waals surface area contributed by atoms with Gasteiger partial charge >= 0.3 is 6.18 Å². The first-order chi connectivity index (χ1) is 13.3. The van der Waals surface area contributed by atoms with Crippen molar-refractivity contribution in [1.29, 1.82) is 0 Å². The van der Waals surface area contributed by atoms with Gasteiger partial charge in [0.1, 0.15) is 0 Å². The maximum Gasteiger partial charge on any atom is 0.416 e. The fourth-order valence-corrected chi connectivity index (χ4v) is 3.74. The molecule has 1 fully saturated rings. The first kappa shape index (κ1) is 22.7. The Bertz CT molecular complexity index is 593. The number of benzene rings is 1. The summed E-state index contributed by atoms with van der Waals surface area (Å²) in [5.41, 5.74) is 0.258. The molecule has 1 amide bonds. The van der Waals surface area contributed by atoms with Gasteiger partial charge in [-0.1, -0.05) is 45.2 Å². The molecule has 28 heavy (non-hydrogen) atoms. The number of hydrogen-bond acceptors (Lipinski definition) is 2. The van der Waals surface area contributed by atoms with Crippen molar-refractivity contribution < 1.29 is 18.0 Å². The summed E-state index contributed by atoms with van der Waals surface area (Å²) < 4.78 is 37.9. The summed E-state index contributed by atoms with van der Waals surface area (Å²) in [7, 11) is 0. The van der Waals surface area contributed by atoms with E-state index in [1.807, 2.05) is 0 Å². The number of alkyl halides is 3. The number of nitrogens with zero attached hydrogens (tertiary/aromatic N) is 1. The van der Waals surface area contributed by atoms with Crippen molar-refractivity contribution in [1.82, 2.24) is 10.2 Å². The molecule has 1 aromatic carbocycles. The van der Waals surface area contributed by atoms with Gasteiger partial charge in [0.15, 0.2) is 0 Å². The highest BCUT2D eigenvalue weighted by Crippen LogP contribution is 2.29. The van der Waals surface area contributed by atoms with Gasteiger partial charge in [0.2, 0.25) is 5.91 Å². The Morgan fingerprint density at radius 2 is 1.82 bits per heavy atom. The van der Waals surface area contributed by atoms with E-state index in [2.05, 4.69) is 24.1 Å². The third kappa shape index (κ3) is 7.12. The number of halogens is 3. The normalized spacial score (nSPS) is 17.5. The standard InChI is InChI=1S/C22H33F3N2O/c1-3-5-6-17(4-2)15-26-21(28)19-11-13-27(14-12-19)16-18-7-9-20(10-8-18)22(23,24)25/h7-10,17,19H,3-6,11-16H2,1-2H3,(H,26,28)/t17-/m0/s1. The van der Waals surface area contributed by atoms with E-state index in [1.165, 1.54) is 19.3 Å². The topological polar surface area (TPSA) is 32.3 Å². The van der Waals surface area contributed by atoms with Crippen molar-refractivity contribution in [3.8, 4) is 0 Å². The summed E-state index contributed by atoms with van der Waals surface area (Å²) in [6, 6.07) is 5.36. The van der Waals surface area contributed by atoms with E-state index in [1.54, 1.807) is 12.1 Å². The van der Waals surface area contributed by atoms with Crippen molar-refractivity contribution in [2.45, 2.75) is 65.1 Å². The number of nitrogens with one attached hydrogen (secondary N) is 1. The van der Waals surface area contributed by atoms with Gasteiger partial charge in [0.25, 0.3) is 0 Å². The van der Waals surface area contributed by atoms with Crippen LogP contribution in [-0.2, 0) is 17.5 Å². The smallest absolute Gasteiger partial charge is 0.356 e. The van der Waals surface area contributed by atoms with Crippen molar-refractivity contribution in [2.75, 3.05) is 19.6 Å². The van der Waals surface area contributed by atoms with Crippen LogP contribution in [0.5, 0.6) is 0 Å². The Morgan fingerprint density at radius 1 is 1.18 bits per heavy atom. The second-order valence-corrected chi connectivity index (χ2v) is 7.91. The molecule has 1 atom stereocenters. The van der Waals surface area contributed by atoms with Crippen LogP contribution in [0.25, 0.3) is 0 Å². The van der Waals surface area contributed by atoms with E-state index in [-0.39, 0.29) is 11.8 Å². The Labute approximate surface area is 166 Å². The van der Waals surface area contributed by atoms with Crippen molar-refractivity contribution >= 4 is 5.91 Å². The zero-order valence-corrected chi connectivity index (χ0v) is 17.0. The number of carbonyl (C=O) groups is 1. The molecule has 0 radical (unpaired) electrons. The Morgan fingerprint density at radius 3 is 2.36 bits per heavy atom. The first-order valence-corrected chi connectivity index (χ1v) is 10.5. The lowest BCUT2D eigenvalue weighted by Crippen LogP contribution is -2.41. The summed E-state index contributed by atoms with van der Waals surface area (Å²) >= 11 is 0. The zero-order valence-electron chi connectivity index (χ0n) is 17.0. The molecule has 6 heteroatoms. The molecule has 0 aliphatic carbocycles. The molecule has 1 aliphatic heterocycles. The molecule has 1 saturated heterocycles. The first-order valence-electron chi connectivity index (χ1n) is 10.5. The van der Waals surface area contributed by atoms with Crippen LogP contribution in [-0.4, -0.2) is 30.4 Å². The molecule has 0 bridgehead atoms. The summed E-state index contributed by atoms with van der Waals surface area (Å²) in [5, 5.41) is 3.13. The number of unbranched alkanes of at least 4 members (excludes halogenated alkanes) is 1. The molecule has 0 saturated carbocycles. The largest absolute Gasteiger partial charge is 0.416 e. The lowest BCUT2D eigenvalue weighted by molar-refractivity contribution is -0.137. The third-order valence-electron chi connectivity index (χ3n) is 5.75. The van der Waals surface area contributed by atoms with Crippen LogP contribution in [0.1, 0.15) is 63.5 Å². The van der Waals surface area contributed by atoms with Crippen molar-refractivity contribution in [3.05, 3.63) is 35.4 Å². The Kier molecular flexibility index (Phi) is 8.80. The van der Waals surface area contributed by atoms with Crippen LogP contribution in [0.15, 0.2) is 24.3 Å². The third-order valence-corrected chi connectivity index (χ3v) is 5.75. The fraction of sp³-hybridized carbons (Fsp3) is 0.682. The molecule has 3 nitrogen and oxygen atoms in total. The van der Waals surface area contributed by atoms with Gasteiger partial charge in [-0.15, -0.1) is 0 Å². The quantitative estimate of drug-likeness (QED) is 0.616. The summed E-state index contributed by atoms with van der Waals surface area (Å²) in [6.07, 6.45) is 1.96. The van der Waals surface area contributed by atoms with Gasteiger partial charge in [0.05, 0.1) is 5.56 Å². The zero-order chi connectivity index (χ0) is 20.6. The predicted octanol–water partition coefficient (Wildman–Crippen LogP) is 5.25. The molecule has 1 aliphatic rings. The maximum atomic E-state index is 12.6. The SMILES string of the molecule is CCCC[C@H](CC)CNC(=O)C1CCN(Cc2ccc(C(F)(F)F)cc2)CC1. The van der Waals surface area contributed by atoms with Crippen LogP contribution in [0, 0.1) is 11.8 Å². The minimum Gasteiger partial charge on any atom is -0.356 e. The molecule has 2 rings (SSSR count). The van der Waals surface area contributed by atoms with E-state index in [0.29, 0.717) is 12.5 Å². The highest BCUT2D eigenvalue weighted by molar-refractivity contribution is 5.78. The molecule has 158 valence electrons. The second-order valence-electron chi connectivity index (χ2n) is 7.91. The van der Waals surface area contributed by atoms with E-state index in [0.717, 1.165) is 56.6 Å². The lowest BCUT2D eigenvalue weighted by Gasteiger charge is -2.31. The number of hydrogen-bond donors (Lipinski definition) is 1. The van der Waals surface area contributed by atoms with Crippen LogP contribution < -0.4 is 5.32 Å². The minimum atomic E-state index is -4.29. The highest BCUT2D eigenvalue weighted by Gasteiger charge is 2.30. The number of piperidine rings is 1. The van der Waals surface area contributed by atoms with Gasteiger partial charge in [-0.25, -0.2) is 0 Å². The van der Waals surface area contributed by atoms with Crippen molar-refractivity contribution in [3.63, 3.8) is 0 Å². The predicted molar refractivity (Wildman–Crippen MR) is 106 cm³/mol. The fourth-order valence-electron chi connectivity index (χ4n) is 3.74. The Hall–Kier alpha value is -1.56. The van der Waals surface area contributed by atoms with Crippen molar-refractivity contribution in [2.24, 2.45) is 11.8 Å². The number of likely N-dealkylation sites (tertiary alicyclic amines) is 1. The van der Waals surface area contributed by atoms with Gasteiger partial charge in [0, 0.05) is 19.0 Å². The Balaban J connectivity index is 1.74. The molecule has 1 aromatic rings. The molecule has 1 N–H and O–H groups in total. The van der Waals surface area contributed by atoms with E-state index >= 15 is 0 Å². The van der Waals surface area contributed by atoms with E-state index in [9.17, 15) is 18.0 Å². The van der Waals surface area contributed by atoms with Crippen LogP contribution in [0.2, 0.25) is 0 Å². The van der Waals surface area contributed by atoms with Gasteiger partial charge < -0.3 is 5.32 Å². The average Bonchev–Trinajstić information content (AvgIpc) is 2.68. The molecule has 0 unspecified atom stereocenters. The lowest BCUT2D eigenvalue weighted by atomic mass is 9.94. The van der Waals surface area contributed by atoms with E-state index < -0.39 is 11.7 Å². The number of rotatable bonds is 9.